The van der Waals surface area contributed by atoms with Crippen LogP contribution < -0.4 is 10.4 Å². The van der Waals surface area contributed by atoms with Crippen LogP contribution in [0, 0.1) is 10.4 Å². The highest BCUT2D eigenvalue weighted by molar-refractivity contribution is 5.87. The minimum atomic E-state index is 0.960. The van der Waals surface area contributed by atoms with Crippen molar-refractivity contribution < 1.29 is 0 Å². The van der Waals surface area contributed by atoms with Crippen molar-refractivity contribution in [2.24, 2.45) is 0 Å². The third kappa shape index (κ3) is 3.31. The Hall–Kier alpha value is -3.90. The minimum Gasteiger partial charge on any atom is -0.0801 e. The standard InChI is InChI=1S/C33H25/c1-2-23-21-29-28-20-12-11-19-27(28)22-30(29)32(26-17-9-10-18-26)33(23)31(24-13-5-3-6-14-24)25-15-7-4-8-16-25/h3-17,19-21H,2,18H2,1H3. The zero-order valence-corrected chi connectivity index (χ0v) is 18.8. The summed E-state index contributed by atoms with van der Waals surface area (Å²) in [6.45, 7) is 2.28. The number of allylic oxidation sites excluding steroid dienone is 4. The fourth-order valence-electron chi connectivity index (χ4n) is 5.23. The topological polar surface area (TPSA) is 0 Å². The lowest BCUT2D eigenvalue weighted by molar-refractivity contribution is 1.10. The number of aryl methyl sites for hydroxylation is 1. The number of rotatable bonds is 4. The summed E-state index contributed by atoms with van der Waals surface area (Å²) in [5, 5.41) is 5.15. The first-order valence-corrected chi connectivity index (χ1v) is 11.8. The second-order valence-corrected chi connectivity index (χ2v) is 8.66. The zero-order valence-electron chi connectivity index (χ0n) is 18.8. The van der Waals surface area contributed by atoms with Gasteiger partial charge in [0.15, 0.2) is 0 Å². The van der Waals surface area contributed by atoms with Crippen molar-refractivity contribution in [2.75, 3.05) is 0 Å². The van der Waals surface area contributed by atoms with E-state index in [1.165, 1.54) is 59.8 Å². The van der Waals surface area contributed by atoms with Gasteiger partial charge < -0.3 is 0 Å². The largest absolute Gasteiger partial charge is 0.0801 e. The molecule has 0 spiro atoms. The van der Waals surface area contributed by atoms with Gasteiger partial charge in [0.1, 0.15) is 0 Å². The molecule has 0 aliphatic heterocycles. The van der Waals surface area contributed by atoms with Crippen molar-refractivity contribution in [1.29, 1.82) is 0 Å². The Morgan fingerprint density at radius 1 is 0.788 bits per heavy atom. The van der Waals surface area contributed by atoms with Gasteiger partial charge in [-0.2, -0.15) is 0 Å². The second-order valence-electron chi connectivity index (χ2n) is 8.66. The predicted octanol–water partition coefficient (Wildman–Crippen LogP) is 6.15. The Bertz CT molecular complexity index is 1590. The van der Waals surface area contributed by atoms with E-state index in [9.17, 15) is 0 Å². The van der Waals surface area contributed by atoms with E-state index < -0.39 is 0 Å². The summed E-state index contributed by atoms with van der Waals surface area (Å²) in [5.41, 5.74) is 9.15. The summed E-state index contributed by atoms with van der Waals surface area (Å²) in [6, 6.07) is 32.8. The number of hydrogen-bond donors (Lipinski definition) is 0. The van der Waals surface area contributed by atoms with E-state index in [4.69, 9.17) is 0 Å². The summed E-state index contributed by atoms with van der Waals surface area (Å²) in [7, 11) is 0. The predicted molar refractivity (Wildman–Crippen MR) is 138 cm³/mol. The van der Waals surface area contributed by atoms with Crippen LogP contribution in [0.2, 0.25) is 0 Å². The molecule has 0 bridgehead atoms. The fourth-order valence-corrected chi connectivity index (χ4v) is 5.23. The van der Waals surface area contributed by atoms with Crippen molar-refractivity contribution in [2.45, 2.75) is 19.8 Å². The van der Waals surface area contributed by atoms with E-state index in [1.54, 1.807) is 0 Å². The van der Waals surface area contributed by atoms with Gasteiger partial charge in [-0.15, -0.1) is 0 Å². The summed E-state index contributed by atoms with van der Waals surface area (Å²) < 4.78 is 0. The van der Waals surface area contributed by atoms with Gasteiger partial charge in [0.05, 0.1) is 0 Å². The summed E-state index contributed by atoms with van der Waals surface area (Å²) in [5.74, 6) is 0. The van der Waals surface area contributed by atoms with Crippen LogP contribution in [0.5, 0.6) is 0 Å². The quantitative estimate of drug-likeness (QED) is 0.327. The molecule has 1 radical (unpaired) electrons. The second kappa shape index (κ2) is 8.22. The van der Waals surface area contributed by atoms with Crippen molar-refractivity contribution >= 4 is 17.2 Å². The molecule has 0 unspecified atom stereocenters. The van der Waals surface area contributed by atoms with Crippen molar-refractivity contribution in [1.82, 2.24) is 0 Å². The maximum Gasteiger partial charge on any atom is -0.000730 e. The van der Waals surface area contributed by atoms with Crippen molar-refractivity contribution in [3.63, 3.8) is 0 Å². The van der Waals surface area contributed by atoms with E-state index in [0.29, 0.717) is 0 Å². The minimum absolute atomic E-state index is 0.960. The smallest absolute Gasteiger partial charge is 0.000730 e. The summed E-state index contributed by atoms with van der Waals surface area (Å²) in [6.07, 6.45) is 12.5. The normalized spacial score (nSPS) is 13.3. The molecule has 0 nitrogen and oxygen atoms in total. The Labute approximate surface area is 194 Å². The van der Waals surface area contributed by atoms with Gasteiger partial charge in [0.2, 0.25) is 0 Å². The lowest BCUT2D eigenvalue weighted by Crippen LogP contribution is -2.21. The molecule has 0 fully saturated rings. The molecule has 4 aromatic rings. The molecule has 2 aliphatic carbocycles. The van der Waals surface area contributed by atoms with E-state index in [-0.39, 0.29) is 0 Å². The van der Waals surface area contributed by atoms with E-state index in [1.807, 2.05) is 0 Å². The molecule has 0 aromatic heterocycles. The molecule has 0 saturated heterocycles. The Morgan fingerprint density at radius 2 is 1.45 bits per heavy atom. The van der Waals surface area contributed by atoms with Gasteiger partial charge in [-0.05, 0) is 84.8 Å². The Balaban J connectivity index is 1.88. The fraction of sp³-hybridized carbons (Fsp3) is 0.0909. The first-order chi connectivity index (χ1) is 16.3. The van der Waals surface area contributed by atoms with Crippen LogP contribution >= 0.6 is 0 Å². The van der Waals surface area contributed by atoms with Crippen LogP contribution in [0.1, 0.15) is 41.2 Å². The molecule has 0 atom stereocenters. The molecular formula is C33H25. The summed E-state index contributed by atoms with van der Waals surface area (Å²) in [4.78, 5) is 0. The van der Waals surface area contributed by atoms with Crippen molar-refractivity contribution in [3.05, 3.63) is 158 Å². The van der Waals surface area contributed by atoms with Crippen LogP contribution in [0.15, 0.2) is 109 Å². The van der Waals surface area contributed by atoms with Crippen LogP contribution in [-0.2, 0) is 6.42 Å². The zero-order chi connectivity index (χ0) is 22.2. The third-order valence-corrected chi connectivity index (χ3v) is 6.73. The van der Waals surface area contributed by atoms with Crippen LogP contribution in [0.25, 0.3) is 17.2 Å². The first-order valence-electron chi connectivity index (χ1n) is 11.8. The highest BCUT2D eigenvalue weighted by Gasteiger charge is 2.20. The molecule has 4 aromatic carbocycles. The highest BCUT2D eigenvalue weighted by atomic mass is 14.2. The molecule has 0 saturated carbocycles. The molecule has 0 N–H and O–H groups in total. The van der Waals surface area contributed by atoms with Crippen LogP contribution in [0.4, 0.5) is 0 Å². The van der Waals surface area contributed by atoms with Crippen LogP contribution in [0.3, 0.4) is 0 Å². The average Bonchev–Trinajstić information content (AvgIpc) is 3.53. The Kier molecular flexibility index (Phi) is 4.92. The lowest BCUT2D eigenvalue weighted by atomic mass is 9.85. The molecule has 6 rings (SSSR count). The molecule has 157 valence electrons. The first kappa shape index (κ1) is 19.8. The average molecular weight is 422 g/mol. The Morgan fingerprint density at radius 3 is 2.09 bits per heavy atom. The van der Waals surface area contributed by atoms with Gasteiger partial charge in [0.25, 0.3) is 0 Å². The van der Waals surface area contributed by atoms with Gasteiger partial charge in [0, 0.05) is 0 Å². The highest BCUT2D eigenvalue weighted by Crippen LogP contribution is 2.30. The van der Waals surface area contributed by atoms with Gasteiger partial charge in [-0.25, -0.2) is 0 Å². The molecule has 33 heavy (non-hydrogen) atoms. The van der Waals surface area contributed by atoms with E-state index >= 15 is 0 Å². The summed E-state index contributed by atoms with van der Waals surface area (Å²) >= 11 is 0. The monoisotopic (exact) mass is 421 g/mol. The molecule has 2 aliphatic rings. The molecule has 0 heteroatoms. The third-order valence-electron chi connectivity index (χ3n) is 6.73. The van der Waals surface area contributed by atoms with Gasteiger partial charge >= 0.3 is 0 Å². The number of fused-ring (bicyclic) bond motifs is 2. The number of hydrogen-bond acceptors (Lipinski definition) is 0. The molecule has 0 amide bonds. The molecule has 0 heterocycles. The van der Waals surface area contributed by atoms with E-state index in [0.717, 1.165) is 12.8 Å². The molecular weight excluding hydrogens is 396 g/mol. The maximum atomic E-state index is 3.79. The number of benzene rings is 4. The lowest BCUT2D eigenvalue weighted by Gasteiger charge is -2.18. The maximum absolute atomic E-state index is 3.79. The van der Waals surface area contributed by atoms with Gasteiger partial charge in [-0.1, -0.05) is 110 Å². The van der Waals surface area contributed by atoms with Gasteiger partial charge in [-0.3, -0.25) is 0 Å². The van der Waals surface area contributed by atoms with Crippen molar-refractivity contribution in [3.8, 4) is 0 Å². The SMILES string of the molecule is CCc1cc2c(c(C3=CC=CC3)c1=C(c1ccccc1)c1ccccc1)[C]=c1ccccc1=2. The van der Waals surface area contributed by atoms with E-state index in [2.05, 4.69) is 122 Å². The van der Waals surface area contributed by atoms with Crippen LogP contribution in [-0.4, -0.2) is 0 Å².